The summed E-state index contributed by atoms with van der Waals surface area (Å²) in [5.74, 6) is 2.96. The van der Waals surface area contributed by atoms with Gasteiger partial charge in [0.2, 0.25) is 0 Å². The van der Waals surface area contributed by atoms with E-state index in [2.05, 4.69) is 25.6 Å². The third-order valence-corrected chi connectivity index (χ3v) is 3.22. The Morgan fingerprint density at radius 1 is 1.26 bits per heavy atom. The first kappa shape index (κ1) is 12.0. The molecule has 5 nitrogen and oxygen atoms in total. The highest BCUT2D eigenvalue weighted by atomic mass is 15.1. The number of anilines is 2. The lowest BCUT2D eigenvalue weighted by atomic mass is 10.1. The molecule has 0 spiro atoms. The van der Waals surface area contributed by atoms with Gasteiger partial charge >= 0.3 is 0 Å². The van der Waals surface area contributed by atoms with Gasteiger partial charge < -0.3 is 10.6 Å². The molecule has 1 aliphatic heterocycles. The topological polar surface area (TPSA) is 62.7 Å². The summed E-state index contributed by atoms with van der Waals surface area (Å²) in [5, 5.41) is 6.57. The lowest BCUT2D eigenvalue weighted by Gasteiger charge is -2.11. The van der Waals surface area contributed by atoms with Crippen molar-refractivity contribution in [3.8, 4) is 0 Å². The molecule has 1 fully saturated rings. The summed E-state index contributed by atoms with van der Waals surface area (Å²) >= 11 is 0. The average Bonchev–Trinajstić information content (AvgIpc) is 2.93. The van der Waals surface area contributed by atoms with Crippen LogP contribution in [0.25, 0.3) is 0 Å². The third kappa shape index (κ3) is 2.88. The normalized spacial score (nSPS) is 18.5. The minimum atomic E-state index is 0.421. The van der Waals surface area contributed by atoms with Crippen LogP contribution in [0, 0.1) is 6.92 Å². The third-order valence-electron chi connectivity index (χ3n) is 3.22. The number of aromatic nitrogens is 3. The molecule has 1 saturated heterocycles. The van der Waals surface area contributed by atoms with Crippen molar-refractivity contribution >= 4 is 11.6 Å². The van der Waals surface area contributed by atoms with Crippen LogP contribution < -0.4 is 10.6 Å². The molecule has 5 heteroatoms. The van der Waals surface area contributed by atoms with Crippen LogP contribution in [0.5, 0.6) is 0 Å². The van der Waals surface area contributed by atoms with E-state index in [1.807, 2.05) is 31.2 Å². The van der Waals surface area contributed by atoms with Crippen LogP contribution in [0.15, 0.2) is 30.5 Å². The molecule has 1 atom stereocenters. The van der Waals surface area contributed by atoms with E-state index in [1.54, 1.807) is 6.20 Å². The number of pyridine rings is 1. The van der Waals surface area contributed by atoms with Gasteiger partial charge in [0.25, 0.3) is 0 Å². The zero-order valence-electron chi connectivity index (χ0n) is 10.9. The molecule has 0 radical (unpaired) electrons. The lowest BCUT2D eigenvalue weighted by Crippen LogP contribution is -2.11. The van der Waals surface area contributed by atoms with Gasteiger partial charge in [-0.05, 0) is 32.0 Å². The van der Waals surface area contributed by atoms with Crippen LogP contribution in [0.2, 0.25) is 0 Å². The van der Waals surface area contributed by atoms with E-state index in [-0.39, 0.29) is 0 Å². The summed E-state index contributed by atoms with van der Waals surface area (Å²) in [5.41, 5.74) is 0.982. The van der Waals surface area contributed by atoms with Crippen LogP contribution in [0.1, 0.15) is 23.9 Å². The second kappa shape index (κ2) is 5.32. The van der Waals surface area contributed by atoms with Crippen molar-refractivity contribution in [1.29, 1.82) is 0 Å². The predicted octanol–water partition coefficient (Wildman–Crippen LogP) is 2.00. The number of aryl methyl sites for hydroxylation is 1. The molecule has 0 bridgehead atoms. The van der Waals surface area contributed by atoms with Crippen molar-refractivity contribution in [2.75, 3.05) is 18.4 Å². The molecule has 3 rings (SSSR count). The molecule has 0 saturated carbocycles. The van der Waals surface area contributed by atoms with Crippen molar-refractivity contribution in [1.82, 2.24) is 20.3 Å². The Bertz CT molecular complexity index is 549. The predicted molar refractivity (Wildman–Crippen MR) is 74.5 cm³/mol. The molecule has 1 unspecified atom stereocenters. The molecule has 2 N–H and O–H groups in total. The maximum atomic E-state index is 4.61. The van der Waals surface area contributed by atoms with Crippen LogP contribution in [0.3, 0.4) is 0 Å². The van der Waals surface area contributed by atoms with E-state index in [0.717, 1.165) is 42.7 Å². The fourth-order valence-electron chi connectivity index (χ4n) is 2.28. The van der Waals surface area contributed by atoms with Gasteiger partial charge in [-0.2, -0.15) is 0 Å². The molecule has 2 aromatic rings. The fraction of sp³-hybridized carbons (Fsp3) is 0.357. The van der Waals surface area contributed by atoms with Gasteiger partial charge in [0.05, 0.1) is 0 Å². The van der Waals surface area contributed by atoms with Gasteiger partial charge in [0.1, 0.15) is 17.5 Å². The lowest BCUT2D eigenvalue weighted by molar-refractivity contribution is 0.698. The molecule has 3 heterocycles. The minimum absolute atomic E-state index is 0.421. The van der Waals surface area contributed by atoms with Crippen LogP contribution in [0.4, 0.5) is 11.6 Å². The number of nitrogens with zero attached hydrogens (tertiary/aromatic N) is 3. The molecule has 1 aliphatic rings. The highest BCUT2D eigenvalue weighted by Crippen LogP contribution is 2.21. The monoisotopic (exact) mass is 255 g/mol. The van der Waals surface area contributed by atoms with Gasteiger partial charge in [-0.15, -0.1) is 0 Å². The highest BCUT2D eigenvalue weighted by Gasteiger charge is 2.20. The Balaban J connectivity index is 1.85. The second-order valence-corrected chi connectivity index (χ2v) is 4.78. The Morgan fingerprint density at radius 2 is 2.21 bits per heavy atom. The summed E-state index contributed by atoms with van der Waals surface area (Å²) < 4.78 is 0. The van der Waals surface area contributed by atoms with E-state index < -0.39 is 0 Å². The molecule has 19 heavy (non-hydrogen) atoms. The maximum Gasteiger partial charge on any atom is 0.135 e. The van der Waals surface area contributed by atoms with Crippen molar-refractivity contribution < 1.29 is 0 Å². The number of nitrogens with one attached hydrogen (secondary N) is 2. The van der Waals surface area contributed by atoms with E-state index in [0.29, 0.717) is 5.92 Å². The molecular weight excluding hydrogens is 238 g/mol. The molecule has 0 aliphatic carbocycles. The first-order valence-corrected chi connectivity index (χ1v) is 6.55. The van der Waals surface area contributed by atoms with Gasteiger partial charge in [0.15, 0.2) is 0 Å². The fourth-order valence-corrected chi connectivity index (χ4v) is 2.28. The molecular formula is C14H17N5. The van der Waals surface area contributed by atoms with E-state index in [4.69, 9.17) is 0 Å². The van der Waals surface area contributed by atoms with Crippen LogP contribution in [-0.4, -0.2) is 28.0 Å². The Kier molecular flexibility index (Phi) is 3.37. The van der Waals surface area contributed by atoms with E-state index in [9.17, 15) is 0 Å². The Morgan fingerprint density at radius 3 is 2.95 bits per heavy atom. The summed E-state index contributed by atoms with van der Waals surface area (Å²) in [6.07, 6.45) is 2.87. The molecule has 0 aromatic carbocycles. The van der Waals surface area contributed by atoms with Gasteiger partial charge in [0, 0.05) is 30.4 Å². The maximum absolute atomic E-state index is 4.61. The zero-order valence-corrected chi connectivity index (χ0v) is 10.9. The quantitative estimate of drug-likeness (QED) is 0.878. The smallest absolute Gasteiger partial charge is 0.135 e. The van der Waals surface area contributed by atoms with Crippen molar-refractivity contribution in [3.63, 3.8) is 0 Å². The summed E-state index contributed by atoms with van der Waals surface area (Å²) in [4.78, 5) is 13.4. The zero-order chi connectivity index (χ0) is 13.1. The highest BCUT2D eigenvalue weighted by molar-refractivity contribution is 5.51. The minimum Gasteiger partial charge on any atom is -0.325 e. The first-order chi connectivity index (χ1) is 9.31. The average molecular weight is 255 g/mol. The molecule has 2 aromatic heterocycles. The van der Waals surface area contributed by atoms with E-state index in [1.165, 1.54) is 0 Å². The van der Waals surface area contributed by atoms with Gasteiger partial charge in [-0.1, -0.05) is 6.07 Å². The Labute approximate surface area is 112 Å². The standard InChI is InChI=1S/C14H17N5/c1-10-8-13(18-12-4-2-3-6-16-12)19-14(17-10)11-5-7-15-9-11/h2-4,6,8,11,15H,5,7,9H2,1H3,(H,16,17,18,19). The number of hydrogen-bond donors (Lipinski definition) is 2. The van der Waals surface area contributed by atoms with Crippen molar-refractivity contribution in [3.05, 3.63) is 42.0 Å². The largest absolute Gasteiger partial charge is 0.325 e. The van der Waals surface area contributed by atoms with Crippen molar-refractivity contribution in [2.45, 2.75) is 19.3 Å². The van der Waals surface area contributed by atoms with E-state index >= 15 is 0 Å². The first-order valence-electron chi connectivity index (χ1n) is 6.55. The van der Waals surface area contributed by atoms with Crippen LogP contribution >= 0.6 is 0 Å². The second-order valence-electron chi connectivity index (χ2n) is 4.78. The van der Waals surface area contributed by atoms with Crippen LogP contribution in [-0.2, 0) is 0 Å². The summed E-state index contributed by atoms with van der Waals surface area (Å²) in [7, 11) is 0. The van der Waals surface area contributed by atoms with Crippen molar-refractivity contribution in [2.24, 2.45) is 0 Å². The van der Waals surface area contributed by atoms with Gasteiger partial charge in [-0.25, -0.2) is 15.0 Å². The SMILES string of the molecule is Cc1cc(Nc2ccccn2)nc(C2CCNC2)n1. The molecule has 0 amide bonds. The van der Waals surface area contributed by atoms with Gasteiger partial charge in [-0.3, -0.25) is 0 Å². The number of rotatable bonds is 3. The summed E-state index contributed by atoms with van der Waals surface area (Å²) in [6, 6.07) is 7.71. The number of hydrogen-bond acceptors (Lipinski definition) is 5. The molecule has 98 valence electrons. The summed E-state index contributed by atoms with van der Waals surface area (Å²) in [6.45, 7) is 4.01. The Hall–Kier alpha value is -2.01.